The van der Waals surface area contributed by atoms with Crippen LogP contribution in [0.25, 0.3) is 0 Å². The van der Waals surface area contributed by atoms with Crippen LogP contribution in [0.3, 0.4) is 0 Å². The highest BCUT2D eigenvalue weighted by Gasteiger charge is 2.53. The van der Waals surface area contributed by atoms with Crippen LogP contribution in [0, 0.1) is 0 Å². The Morgan fingerprint density at radius 2 is 1.52 bits per heavy atom. The molecule has 1 aromatic carbocycles. The lowest BCUT2D eigenvalue weighted by Gasteiger charge is -2.32. The van der Waals surface area contributed by atoms with Gasteiger partial charge >= 0.3 is 20.9 Å². The smallest absolute Gasteiger partial charge is 0.399 e. The molecule has 1 fully saturated rings. The minimum Gasteiger partial charge on any atom is -0.399 e. The fraction of sp³-hybridized carbons (Fsp3) is 0.647. The molecule has 0 radical (unpaired) electrons. The van der Waals surface area contributed by atoms with Crippen LogP contribution >= 0.6 is 7.60 Å². The monoisotopic (exact) mass is 408 g/mol. The lowest BCUT2D eigenvalue weighted by Crippen LogP contribution is -2.44. The SMILES string of the molecule is CCOP(=O)(OCC)c1cc(C(F)(F)F)ccc1B1OC(C)(C)C(C)(C)O1. The zero-order chi connectivity index (χ0) is 20.7. The molecule has 0 bridgehead atoms. The van der Waals surface area contributed by atoms with Crippen LogP contribution < -0.4 is 10.8 Å². The molecule has 0 aromatic heterocycles. The van der Waals surface area contributed by atoms with Crippen molar-refractivity contribution in [2.75, 3.05) is 13.2 Å². The molecule has 27 heavy (non-hydrogen) atoms. The second kappa shape index (κ2) is 7.52. The summed E-state index contributed by atoms with van der Waals surface area (Å²) in [6.07, 6.45) is -4.60. The molecule has 1 aromatic rings. The van der Waals surface area contributed by atoms with E-state index in [1.165, 1.54) is 6.07 Å². The zero-order valence-corrected chi connectivity index (χ0v) is 17.2. The third-order valence-electron chi connectivity index (χ3n) is 4.76. The summed E-state index contributed by atoms with van der Waals surface area (Å²) in [4.78, 5) is 0. The normalized spacial score (nSPS) is 19.5. The Morgan fingerprint density at radius 3 is 1.93 bits per heavy atom. The van der Waals surface area contributed by atoms with Gasteiger partial charge in [-0.25, -0.2) is 0 Å². The molecule has 0 spiro atoms. The second-order valence-corrected chi connectivity index (χ2v) is 9.19. The Morgan fingerprint density at radius 1 is 1.04 bits per heavy atom. The van der Waals surface area contributed by atoms with Gasteiger partial charge in [-0.15, -0.1) is 0 Å². The van der Waals surface area contributed by atoms with Crippen molar-refractivity contribution in [2.24, 2.45) is 0 Å². The summed E-state index contributed by atoms with van der Waals surface area (Å²) in [6, 6.07) is 2.92. The van der Waals surface area contributed by atoms with Gasteiger partial charge in [-0.3, -0.25) is 4.57 Å². The van der Waals surface area contributed by atoms with Gasteiger partial charge in [-0.1, -0.05) is 12.1 Å². The molecule has 0 saturated carbocycles. The molecule has 10 heteroatoms. The van der Waals surface area contributed by atoms with E-state index >= 15 is 0 Å². The van der Waals surface area contributed by atoms with Crippen molar-refractivity contribution < 1.29 is 36.1 Å². The number of benzene rings is 1. The molecule has 1 saturated heterocycles. The van der Waals surface area contributed by atoms with Crippen LogP contribution in [-0.2, 0) is 29.1 Å². The van der Waals surface area contributed by atoms with Crippen molar-refractivity contribution >= 4 is 25.5 Å². The van der Waals surface area contributed by atoms with Crippen molar-refractivity contribution in [1.82, 2.24) is 0 Å². The largest absolute Gasteiger partial charge is 0.495 e. The highest BCUT2D eigenvalue weighted by Crippen LogP contribution is 2.48. The van der Waals surface area contributed by atoms with Gasteiger partial charge in [0, 0.05) is 0 Å². The molecule has 0 amide bonds. The first kappa shape index (κ1) is 22.4. The van der Waals surface area contributed by atoms with Crippen molar-refractivity contribution in [3.8, 4) is 0 Å². The van der Waals surface area contributed by atoms with E-state index in [1.54, 1.807) is 13.8 Å². The molecule has 1 aliphatic rings. The minimum atomic E-state index is -4.60. The predicted molar refractivity (Wildman–Crippen MR) is 97.7 cm³/mol. The Labute approximate surface area is 158 Å². The predicted octanol–water partition coefficient (Wildman–Crippen LogP) is 3.90. The molecule has 0 aliphatic carbocycles. The van der Waals surface area contributed by atoms with Gasteiger partial charge in [0.05, 0.1) is 35.3 Å². The molecule has 1 heterocycles. The molecule has 152 valence electrons. The van der Waals surface area contributed by atoms with E-state index in [0.717, 1.165) is 12.1 Å². The molecule has 5 nitrogen and oxygen atoms in total. The molecule has 0 N–H and O–H groups in total. The average Bonchev–Trinajstić information content (AvgIpc) is 2.74. The lowest BCUT2D eigenvalue weighted by atomic mass is 9.78. The maximum absolute atomic E-state index is 13.3. The van der Waals surface area contributed by atoms with Crippen LogP contribution in [0.2, 0.25) is 0 Å². The first-order valence-corrected chi connectivity index (χ1v) is 10.3. The van der Waals surface area contributed by atoms with E-state index in [2.05, 4.69) is 0 Å². The molecular weight excluding hydrogens is 383 g/mol. The van der Waals surface area contributed by atoms with Gasteiger partial charge in [0.15, 0.2) is 0 Å². The summed E-state index contributed by atoms with van der Waals surface area (Å²) in [6.45, 7) is 10.5. The topological polar surface area (TPSA) is 54.0 Å². The fourth-order valence-corrected chi connectivity index (χ4v) is 4.47. The van der Waals surface area contributed by atoms with E-state index in [0.29, 0.717) is 0 Å². The maximum Gasteiger partial charge on any atom is 0.495 e. The quantitative estimate of drug-likeness (QED) is 0.528. The van der Waals surface area contributed by atoms with Crippen LogP contribution in [0.15, 0.2) is 18.2 Å². The Kier molecular flexibility index (Phi) is 6.25. The van der Waals surface area contributed by atoms with Gasteiger partial charge in [0.25, 0.3) is 0 Å². The summed E-state index contributed by atoms with van der Waals surface area (Å²) in [5, 5.41) is -0.195. The summed E-state index contributed by atoms with van der Waals surface area (Å²) in [5.74, 6) is 0. The summed E-state index contributed by atoms with van der Waals surface area (Å²) in [7, 11) is -5.00. The number of rotatable bonds is 6. The van der Waals surface area contributed by atoms with E-state index < -0.39 is 37.7 Å². The van der Waals surface area contributed by atoms with Crippen molar-refractivity contribution in [3.63, 3.8) is 0 Å². The number of hydrogen-bond donors (Lipinski definition) is 0. The third-order valence-corrected chi connectivity index (χ3v) is 6.93. The first-order chi connectivity index (χ1) is 12.3. The molecule has 2 rings (SSSR count). The molecule has 0 atom stereocenters. The third kappa shape index (κ3) is 4.43. The standard InChI is InChI=1S/C17H25BF3O5P/c1-7-23-27(22,24-8-2)14-11-12(17(19,20)21)9-10-13(14)18-25-15(3,4)16(5,6)26-18/h9-11H,7-8H2,1-6H3. The molecular formula is C17H25BF3O5P. The highest BCUT2D eigenvalue weighted by atomic mass is 31.2. The number of alkyl halides is 3. The first-order valence-electron chi connectivity index (χ1n) is 8.74. The minimum absolute atomic E-state index is 0.0102. The zero-order valence-electron chi connectivity index (χ0n) is 16.3. The van der Waals surface area contributed by atoms with Crippen LogP contribution in [-0.4, -0.2) is 31.5 Å². The fourth-order valence-electron chi connectivity index (χ4n) is 2.64. The Balaban J connectivity index is 2.63. The van der Waals surface area contributed by atoms with E-state index in [9.17, 15) is 17.7 Å². The van der Waals surface area contributed by atoms with Crippen LogP contribution in [0.4, 0.5) is 13.2 Å². The Hall–Kier alpha value is -0.855. The van der Waals surface area contributed by atoms with Gasteiger partial charge < -0.3 is 18.4 Å². The van der Waals surface area contributed by atoms with E-state index in [4.69, 9.17) is 18.4 Å². The van der Waals surface area contributed by atoms with E-state index in [1.807, 2.05) is 27.7 Å². The maximum atomic E-state index is 13.3. The second-order valence-electron chi connectivity index (χ2n) is 7.19. The number of halogens is 3. The van der Waals surface area contributed by atoms with Crippen molar-refractivity contribution in [1.29, 1.82) is 0 Å². The van der Waals surface area contributed by atoms with Crippen LogP contribution in [0.1, 0.15) is 47.1 Å². The molecule has 0 unspecified atom stereocenters. The Bertz CT molecular complexity index is 710. The van der Waals surface area contributed by atoms with Gasteiger partial charge in [0.1, 0.15) is 0 Å². The van der Waals surface area contributed by atoms with Crippen molar-refractivity contribution in [3.05, 3.63) is 23.8 Å². The van der Waals surface area contributed by atoms with Crippen LogP contribution in [0.5, 0.6) is 0 Å². The summed E-state index contributed by atoms with van der Waals surface area (Å²) < 4.78 is 75.4. The van der Waals surface area contributed by atoms with Gasteiger partial charge in [-0.2, -0.15) is 13.2 Å². The average molecular weight is 408 g/mol. The lowest BCUT2D eigenvalue weighted by molar-refractivity contribution is -0.137. The van der Waals surface area contributed by atoms with Gasteiger partial charge in [-0.05, 0) is 53.1 Å². The number of hydrogen-bond acceptors (Lipinski definition) is 5. The summed E-state index contributed by atoms with van der Waals surface area (Å²) in [5.41, 5.74) is -2.16. The van der Waals surface area contributed by atoms with Gasteiger partial charge in [0.2, 0.25) is 0 Å². The summed E-state index contributed by atoms with van der Waals surface area (Å²) >= 11 is 0. The van der Waals surface area contributed by atoms with Crippen molar-refractivity contribution in [2.45, 2.75) is 58.9 Å². The van der Waals surface area contributed by atoms with E-state index in [-0.39, 0.29) is 24.0 Å². The highest BCUT2D eigenvalue weighted by molar-refractivity contribution is 7.62. The molecule has 1 aliphatic heterocycles.